The Morgan fingerprint density at radius 1 is 1.60 bits per heavy atom. The van der Waals surface area contributed by atoms with E-state index >= 15 is 0 Å². The lowest BCUT2D eigenvalue weighted by molar-refractivity contribution is 1.09. The predicted octanol–water partition coefficient (Wildman–Crippen LogP) is -0.0649. The van der Waals surface area contributed by atoms with E-state index in [1.54, 1.807) is 0 Å². The molecule has 10 heavy (non-hydrogen) atoms. The van der Waals surface area contributed by atoms with Crippen molar-refractivity contribution in [3.63, 3.8) is 0 Å². The molecule has 0 radical (unpaired) electrons. The topological polar surface area (TPSA) is 80.5 Å². The molecule has 2 aromatic heterocycles. The number of aromatic nitrogens is 4. The fourth-order valence-electron chi connectivity index (χ4n) is 0.731. The molecule has 50 valence electrons. The summed E-state index contributed by atoms with van der Waals surface area (Å²) in [6, 6.07) is 0. The first-order chi connectivity index (χ1) is 5.29. The Morgan fingerprint density at radius 3 is 3.30 bits per heavy atom. The van der Waals surface area contributed by atoms with Crippen molar-refractivity contribution in [1.29, 1.82) is 0 Å². The molecule has 3 N–H and O–H groups in total. The zero-order valence-electron chi connectivity index (χ0n) is 6.00. The molecule has 0 saturated heterocycles. The number of nitrogens with two attached hydrogens (primary N) is 1. The average Bonchev–Trinajstić information content (AvgIpc) is 2.34. The molecule has 5 nitrogen and oxygen atoms in total. The van der Waals surface area contributed by atoms with Crippen LogP contribution >= 0.6 is 0 Å². The normalized spacial score (nSPS) is 11.8. The van der Waals surface area contributed by atoms with Crippen molar-refractivity contribution in [2.24, 2.45) is 0 Å². The van der Waals surface area contributed by atoms with Crippen molar-refractivity contribution >= 4 is 16.9 Å². The Balaban J connectivity index is 2.96. The molecule has 0 aliphatic heterocycles. The molecule has 0 fully saturated rings. The van der Waals surface area contributed by atoms with Crippen LogP contribution in [0.15, 0.2) is 12.5 Å². The predicted molar refractivity (Wildman–Crippen MR) is 36.1 cm³/mol. The number of nitrogens with zero attached hydrogens (tertiary/aromatic N) is 3. The van der Waals surface area contributed by atoms with Crippen LogP contribution < -0.4 is 5.73 Å². The Bertz CT molecular complexity index is 395. The molecular formula is C5H5N5. The van der Waals surface area contributed by atoms with Gasteiger partial charge >= 0.3 is 0 Å². The number of nitrogen functional groups attached to an aromatic ring is 1. The van der Waals surface area contributed by atoms with Crippen LogP contribution in [0.2, 0.25) is 0 Å². The fraction of sp³-hybridized carbons (Fsp3) is 0. The SMILES string of the molecule is [2H]c1n[nH]c2ncnc(N)c12. The maximum absolute atomic E-state index is 7.28. The van der Waals surface area contributed by atoms with Crippen LogP contribution in [-0.2, 0) is 0 Å². The Hall–Kier alpha value is -1.65. The number of anilines is 1. The summed E-state index contributed by atoms with van der Waals surface area (Å²) in [6.45, 7) is 0. The Labute approximate surface area is 57.7 Å². The molecule has 0 aliphatic rings. The monoisotopic (exact) mass is 136 g/mol. The molecule has 0 unspecified atom stereocenters. The molecule has 2 heterocycles. The summed E-state index contributed by atoms with van der Waals surface area (Å²) in [7, 11) is 0. The number of H-pyrrole nitrogens is 1. The highest BCUT2D eigenvalue weighted by atomic mass is 15.1. The third-order valence-corrected chi connectivity index (χ3v) is 1.21. The van der Waals surface area contributed by atoms with Gasteiger partial charge in [0.05, 0.1) is 12.9 Å². The second-order valence-electron chi connectivity index (χ2n) is 1.82. The summed E-state index contributed by atoms with van der Waals surface area (Å²) < 4.78 is 7.28. The van der Waals surface area contributed by atoms with E-state index in [2.05, 4.69) is 20.2 Å². The van der Waals surface area contributed by atoms with Gasteiger partial charge in [0.15, 0.2) is 5.65 Å². The van der Waals surface area contributed by atoms with Gasteiger partial charge in [-0.15, -0.1) is 0 Å². The largest absolute Gasteiger partial charge is 0.383 e. The molecule has 5 heteroatoms. The van der Waals surface area contributed by atoms with E-state index in [0.29, 0.717) is 11.0 Å². The molecule has 0 aromatic carbocycles. The van der Waals surface area contributed by atoms with E-state index in [1.807, 2.05) is 0 Å². The number of rotatable bonds is 0. The van der Waals surface area contributed by atoms with Crippen LogP contribution in [0, 0.1) is 0 Å². The minimum absolute atomic E-state index is 0.0816. The quantitative estimate of drug-likeness (QED) is 0.531. The highest BCUT2D eigenvalue weighted by Gasteiger charge is 1.98. The second kappa shape index (κ2) is 1.66. The second-order valence-corrected chi connectivity index (χ2v) is 1.82. The first kappa shape index (κ1) is 4.21. The van der Waals surface area contributed by atoms with Crippen molar-refractivity contribution < 1.29 is 1.37 Å². The average molecular weight is 136 g/mol. The van der Waals surface area contributed by atoms with Gasteiger partial charge in [-0.25, -0.2) is 9.97 Å². The number of fused-ring (bicyclic) bond motifs is 1. The van der Waals surface area contributed by atoms with Gasteiger partial charge in [0, 0.05) is 0 Å². The Morgan fingerprint density at radius 2 is 2.50 bits per heavy atom. The fourth-order valence-corrected chi connectivity index (χ4v) is 0.731. The zero-order valence-corrected chi connectivity index (χ0v) is 5.00. The molecule has 0 bridgehead atoms. The van der Waals surface area contributed by atoms with Gasteiger partial charge in [-0.3, -0.25) is 5.10 Å². The van der Waals surface area contributed by atoms with Gasteiger partial charge < -0.3 is 5.73 Å². The summed E-state index contributed by atoms with van der Waals surface area (Å²) in [6.07, 6.45) is 1.41. The highest BCUT2D eigenvalue weighted by molar-refractivity contribution is 5.83. The van der Waals surface area contributed by atoms with E-state index in [-0.39, 0.29) is 12.0 Å². The zero-order chi connectivity index (χ0) is 7.84. The highest BCUT2D eigenvalue weighted by Crippen LogP contribution is 2.11. The molecule has 0 aliphatic carbocycles. The summed E-state index contributed by atoms with van der Waals surface area (Å²) in [5.41, 5.74) is 5.97. The van der Waals surface area contributed by atoms with Crippen LogP contribution in [-0.4, -0.2) is 20.2 Å². The van der Waals surface area contributed by atoms with E-state index in [4.69, 9.17) is 7.10 Å². The van der Waals surface area contributed by atoms with Crippen molar-refractivity contribution in [2.45, 2.75) is 0 Å². The van der Waals surface area contributed by atoms with Gasteiger partial charge in [0.25, 0.3) is 0 Å². The first-order valence-corrected chi connectivity index (χ1v) is 2.70. The molecule has 2 rings (SSSR count). The van der Waals surface area contributed by atoms with Crippen LogP contribution in [0.4, 0.5) is 5.82 Å². The van der Waals surface area contributed by atoms with E-state index in [9.17, 15) is 0 Å². The smallest absolute Gasteiger partial charge is 0.160 e. The summed E-state index contributed by atoms with van der Waals surface area (Å²) >= 11 is 0. The van der Waals surface area contributed by atoms with Crippen LogP contribution in [0.25, 0.3) is 11.0 Å². The van der Waals surface area contributed by atoms with E-state index in [0.717, 1.165) is 0 Å². The lowest BCUT2D eigenvalue weighted by atomic mass is 10.4. The molecular weight excluding hydrogens is 130 g/mol. The number of hydrogen-bond donors (Lipinski definition) is 2. The van der Waals surface area contributed by atoms with Crippen molar-refractivity contribution in [3.05, 3.63) is 12.5 Å². The maximum atomic E-state index is 7.28. The minimum atomic E-state index is 0.0816. The van der Waals surface area contributed by atoms with Gasteiger partial charge in [-0.1, -0.05) is 0 Å². The molecule has 2 aromatic rings. The summed E-state index contributed by atoms with van der Waals surface area (Å²) in [4.78, 5) is 7.56. The lowest BCUT2D eigenvalue weighted by Gasteiger charge is -1.89. The minimum Gasteiger partial charge on any atom is -0.383 e. The van der Waals surface area contributed by atoms with Crippen molar-refractivity contribution in [3.8, 4) is 0 Å². The summed E-state index contributed by atoms with van der Waals surface area (Å²) in [5, 5.41) is 6.65. The number of hydrogen-bond acceptors (Lipinski definition) is 4. The third kappa shape index (κ3) is 0.540. The Kier molecular flexibility index (Phi) is 0.700. The summed E-state index contributed by atoms with van der Waals surface area (Å²) in [5.74, 6) is 0.286. The first-order valence-electron chi connectivity index (χ1n) is 3.20. The molecule has 0 amide bonds. The molecule has 0 spiro atoms. The van der Waals surface area contributed by atoms with E-state index < -0.39 is 0 Å². The van der Waals surface area contributed by atoms with Crippen LogP contribution in [0.5, 0.6) is 0 Å². The van der Waals surface area contributed by atoms with Gasteiger partial charge in [-0.05, 0) is 0 Å². The number of aromatic amines is 1. The third-order valence-electron chi connectivity index (χ3n) is 1.21. The van der Waals surface area contributed by atoms with Crippen LogP contribution in [0.3, 0.4) is 0 Å². The van der Waals surface area contributed by atoms with Crippen molar-refractivity contribution in [1.82, 2.24) is 20.2 Å². The van der Waals surface area contributed by atoms with Gasteiger partial charge in [0.1, 0.15) is 12.1 Å². The molecule has 0 atom stereocenters. The van der Waals surface area contributed by atoms with E-state index in [1.165, 1.54) is 6.33 Å². The lowest BCUT2D eigenvalue weighted by Crippen LogP contribution is -1.90. The molecule has 0 saturated carbocycles. The van der Waals surface area contributed by atoms with Gasteiger partial charge in [0.2, 0.25) is 0 Å². The standard InChI is InChI=1S/C5H5N5/c6-4-3-1-9-10-5(3)8-2-7-4/h1-2H,(H3,6,7,8,9,10)/i1D. The van der Waals surface area contributed by atoms with Crippen molar-refractivity contribution in [2.75, 3.05) is 5.73 Å². The number of nitrogens with one attached hydrogen (secondary N) is 1. The van der Waals surface area contributed by atoms with Crippen LogP contribution in [0.1, 0.15) is 1.37 Å². The maximum Gasteiger partial charge on any atom is 0.160 e. The van der Waals surface area contributed by atoms with Gasteiger partial charge in [-0.2, -0.15) is 5.10 Å².